The molecule has 2 aliphatic carbocycles. The number of nitrogen functional groups attached to an aromatic ring is 2. The van der Waals surface area contributed by atoms with Crippen LogP contribution in [0.2, 0.25) is 0 Å². The van der Waals surface area contributed by atoms with Gasteiger partial charge < -0.3 is 61.9 Å². The minimum Gasteiger partial charge on any atom is -0.453 e. The molecule has 0 aromatic heterocycles. The number of amides is 6. The number of carbonyl (C=O) groups is 6. The molecule has 0 bridgehead atoms. The highest BCUT2D eigenvalue weighted by Crippen LogP contribution is 2.53. The molecule has 0 spiro atoms. The van der Waals surface area contributed by atoms with Crippen molar-refractivity contribution in [3.63, 3.8) is 0 Å². The van der Waals surface area contributed by atoms with E-state index in [4.69, 9.17) is 25.7 Å². The summed E-state index contributed by atoms with van der Waals surface area (Å²) in [6, 6.07) is 16.5. The Kier molecular flexibility index (Phi) is 12.8. The largest absolute Gasteiger partial charge is 0.453 e. The van der Waals surface area contributed by atoms with E-state index in [9.17, 15) is 33.9 Å². The Morgan fingerprint density at radius 1 is 0.677 bits per heavy atom. The molecule has 4 fully saturated rings. The lowest BCUT2D eigenvalue weighted by Gasteiger charge is -2.30. The monoisotopic (exact) mass is 896 g/mol. The molecule has 65 heavy (non-hydrogen) atoms. The van der Waals surface area contributed by atoms with Crippen LogP contribution in [0.5, 0.6) is 0 Å². The highest BCUT2D eigenvalue weighted by molar-refractivity contribution is 6.04. The molecule has 2 heterocycles. The SMILES string of the molecule is COC(=O)NC1(C(=O)N2CCC[C@H]2C(=O)Nc2cc(-c3ccc(-c4ccc(N)c(NC(=O)C5CC(C)(OCCO)CN5C(=O)C5(NC(=O)OC)C(C)[C@@H]5C)c4)cc3)ccc2N)C(C)C1C. The lowest BCUT2D eigenvalue weighted by molar-refractivity contribution is -0.140. The fourth-order valence-corrected chi connectivity index (χ4v) is 9.96. The number of hydrogen-bond donors (Lipinski definition) is 7. The molecule has 3 aromatic rings. The van der Waals surface area contributed by atoms with Gasteiger partial charge in [0, 0.05) is 13.0 Å². The predicted octanol–water partition coefficient (Wildman–Crippen LogP) is 4.18. The van der Waals surface area contributed by atoms with E-state index in [0.29, 0.717) is 42.1 Å². The van der Waals surface area contributed by atoms with Crippen molar-refractivity contribution in [1.29, 1.82) is 0 Å². The van der Waals surface area contributed by atoms with Crippen molar-refractivity contribution in [3.8, 4) is 22.3 Å². The van der Waals surface area contributed by atoms with Gasteiger partial charge >= 0.3 is 12.2 Å². The molecule has 0 radical (unpaired) electrons. The van der Waals surface area contributed by atoms with Crippen LogP contribution in [0.15, 0.2) is 60.7 Å². The van der Waals surface area contributed by atoms with Gasteiger partial charge in [-0.25, -0.2) is 9.59 Å². The molecule has 18 nitrogen and oxygen atoms in total. The molecule has 4 aliphatic rings. The van der Waals surface area contributed by atoms with Crippen LogP contribution in [0.4, 0.5) is 32.3 Å². The zero-order valence-corrected chi connectivity index (χ0v) is 37.9. The van der Waals surface area contributed by atoms with Gasteiger partial charge in [0.05, 0.1) is 62.3 Å². The number of aliphatic hydroxyl groups excluding tert-OH is 1. The minimum atomic E-state index is -1.26. The van der Waals surface area contributed by atoms with Crippen LogP contribution in [0.1, 0.15) is 53.9 Å². The number of carbonyl (C=O) groups excluding carboxylic acids is 6. The van der Waals surface area contributed by atoms with Gasteiger partial charge in [-0.2, -0.15) is 0 Å². The van der Waals surface area contributed by atoms with E-state index in [2.05, 4.69) is 21.3 Å². The quantitative estimate of drug-likeness (QED) is 0.119. The summed E-state index contributed by atoms with van der Waals surface area (Å²) in [7, 11) is 2.47. The third-order valence-electron chi connectivity index (χ3n) is 14.5. The smallest absolute Gasteiger partial charge is 0.407 e. The Hall–Kier alpha value is -6.40. The van der Waals surface area contributed by atoms with E-state index in [1.165, 1.54) is 19.1 Å². The van der Waals surface area contributed by atoms with Crippen LogP contribution in [-0.2, 0) is 33.4 Å². The third kappa shape index (κ3) is 8.52. The fraction of sp³-hybridized carbons (Fsp3) is 0.489. The standard InChI is InChI=1S/C47H60N8O10/c1-25-26(2)46(25,52-43(61)63-6)41(59)54-18-8-9-37(54)39(57)50-35-21-31(14-16-33(35)48)29-10-12-30(13-11-29)32-15-17-34(49)36(22-32)51-40(58)38-23-45(5,65-20-19-56)24-55(38)42(60)47(27(3)28(47)4)53-44(62)64-7/h10-17,21-22,25-28,37-38,56H,8-9,18-20,23-24,48-49H2,1-7H3,(H,50,57)(H,51,58)(H,52,61)(H,53,62)/t25?,26?,27-,28?,37-,38?,45?,46?,47?/m0/s1. The van der Waals surface area contributed by atoms with Gasteiger partial charge in [-0.3, -0.25) is 19.2 Å². The number of alkyl carbamates (subject to hydrolysis) is 2. The molecule has 9 N–H and O–H groups in total. The molecule has 18 heteroatoms. The summed E-state index contributed by atoms with van der Waals surface area (Å²) in [6.45, 7) is 9.47. The summed E-state index contributed by atoms with van der Waals surface area (Å²) in [6.07, 6.45) is -0.229. The number of benzene rings is 3. The summed E-state index contributed by atoms with van der Waals surface area (Å²) >= 11 is 0. The Labute approximate surface area is 378 Å². The summed E-state index contributed by atoms with van der Waals surface area (Å²) in [5.41, 5.74) is 14.0. The van der Waals surface area contributed by atoms with E-state index in [0.717, 1.165) is 22.3 Å². The molecule has 348 valence electrons. The van der Waals surface area contributed by atoms with E-state index in [1.54, 1.807) is 36.1 Å². The average molecular weight is 897 g/mol. The lowest BCUT2D eigenvalue weighted by Crippen LogP contribution is -2.56. The van der Waals surface area contributed by atoms with Gasteiger partial charge in [-0.05, 0) is 90.0 Å². The Bertz CT molecular complexity index is 2360. The predicted molar refractivity (Wildman–Crippen MR) is 243 cm³/mol. The van der Waals surface area contributed by atoms with E-state index >= 15 is 0 Å². The van der Waals surface area contributed by atoms with Gasteiger partial charge in [-0.15, -0.1) is 0 Å². The first-order valence-electron chi connectivity index (χ1n) is 22.0. The number of nitrogens with zero attached hydrogens (tertiary/aromatic N) is 2. The zero-order chi connectivity index (χ0) is 47.2. The molecule has 2 aliphatic heterocycles. The Morgan fingerprint density at radius 2 is 1.11 bits per heavy atom. The van der Waals surface area contributed by atoms with Gasteiger partial charge in [0.15, 0.2) is 0 Å². The second-order valence-corrected chi connectivity index (χ2v) is 18.1. The molecule has 3 aromatic carbocycles. The van der Waals surface area contributed by atoms with Gasteiger partial charge in [0.1, 0.15) is 23.2 Å². The summed E-state index contributed by atoms with van der Waals surface area (Å²) in [4.78, 5) is 83.8. The maximum atomic E-state index is 14.3. The Morgan fingerprint density at radius 3 is 1.54 bits per heavy atom. The van der Waals surface area contributed by atoms with Crippen LogP contribution in [0.25, 0.3) is 22.3 Å². The summed E-state index contributed by atoms with van der Waals surface area (Å²) < 4.78 is 15.6. The van der Waals surface area contributed by atoms with Crippen molar-refractivity contribution >= 4 is 58.6 Å². The summed E-state index contributed by atoms with van der Waals surface area (Å²) in [5, 5.41) is 20.9. The van der Waals surface area contributed by atoms with E-state index in [-0.39, 0.29) is 61.7 Å². The van der Waals surface area contributed by atoms with Gasteiger partial charge in [0.25, 0.3) is 0 Å². The number of rotatable bonds is 13. The van der Waals surface area contributed by atoms with Crippen molar-refractivity contribution in [2.75, 3.05) is 62.6 Å². The number of likely N-dealkylation sites (tertiary alicyclic amines) is 2. The van der Waals surface area contributed by atoms with Gasteiger partial charge in [-0.1, -0.05) is 64.1 Å². The first kappa shape index (κ1) is 46.6. The molecular formula is C47H60N8O10. The minimum absolute atomic E-state index is 0.0110. The summed E-state index contributed by atoms with van der Waals surface area (Å²) in [5.74, 6) is -2.29. The first-order valence-corrected chi connectivity index (χ1v) is 22.0. The molecule has 7 rings (SSSR count). The average Bonchev–Trinajstić information content (AvgIpc) is 3.72. The number of methoxy groups -OCH3 is 2. The van der Waals surface area contributed by atoms with Crippen molar-refractivity contribution in [2.45, 2.75) is 82.6 Å². The molecule has 2 saturated carbocycles. The third-order valence-corrected chi connectivity index (χ3v) is 14.5. The number of nitrogens with two attached hydrogens (primary N) is 2. The molecular weight excluding hydrogens is 837 g/mol. The van der Waals surface area contributed by atoms with E-state index < -0.39 is 52.8 Å². The van der Waals surface area contributed by atoms with Crippen LogP contribution in [0, 0.1) is 23.7 Å². The molecule has 6 unspecified atom stereocenters. The second kappa shape index (κ2) is 17.9. The molecule has 2 saturated heterocycles. The molecule has 8 atom stereocenters. The highest BCUT2D eigenvalue weighted by Gasteiger charge is 2.69. The van der Waals surface area contributed by atoms with E-state index in [1.807, 2.05) is 64.1 Å². The number of ether oxygens (including phenoxy) is 3. The number of aliphatic hydroxyl groups is 1. The van der Waals surface area contributed by atoms with Crippen LogP contribution < -0.4 is 32.7 Å². The maximum absolute atomic E-state index is 14.3. The normalized spacial score (nSPS) is 28.8. The van der Waals surface area contributed by atoms with Crippen LogP contribution in [0.3, 0.4) is 0 Å². The topological polar surface area (TPSA) is 257 Å². The lowest BCUT2D eigenvalue weighted by atomic mass is 9.99. The van der Waals surface area contributed by atoms with Crippen molar-refractivity contribution < 1.29 is 48.1 Å². The van der Waals surface area contributed by atoms with Crippen molar-refractivity contribution in [2.24, 2.45) is 23.7 Å². The fourth-order valence-electron chi connectivity index (χ4n) is 9.96. The Balaban J connectivity index is 1.06. The number of hydrogen-bond acceptors (Lipinski definition) is 12. The zero-order valence-electron chi connectivity index (χ0n) is 37.9. The first-order chi connectivity index (χ1) is 30.8. The van der Waals surface area contributed by atoms with Gasteiger partial charge in [0.2, 0.25) is 23.6 Å². The van der Waals surface area contributed by atoms with Crippen LogP contribution >= 0.6 is 0 Å². The van der Waals surface area contributed by atoms with Crippen LogP contribution in [-0.4, -0.2) is 120 Å². The maximum Gasteiger partial charge on any atom is 0.407 e. The second-order valence-electron chi connectivity index (χ2n) is 18.1. The number of nitrogens with one attached hydrogen (secondary N) is 4. The highest BCUT2D eigenvalue weighted by atomic mass is 16.5. The molecule has 6 amide bonds. The number of anilines is 4. The van der Waals surface area contributed by atoms with Crippen molar-refractivity contribution in [1.82, 2.24) is 20.4 Å². The van der Waals surface area contributed by atoms with Crippen molar-refractivity contribution in [3.05, 3.63) is 60.7 Å².